The maximum absolute atomic E-state index is 12.3. The SMILES string of the molecule is O=S(=O)(CC1CC2C=CC1C2)c1ccc(Br)cc1. The van der Waals surface area contributed by atoms with E-state index in [1.807, 2.05) is 0 Å². The van der Waals surface area contributed by atoms with Crippen molar-refractivity contribution in [2.45, 2.75) is 17.7 Å². The Labute approximate surface area is 116 Å². The highest BCUT2D eigenvalue weighted by Crippen LogP contribution is 2.44. The molecule has 2 nitrogen and oxygen atoms in total. The van der Waals surface area contributed by atoms with E-state index >= 15 is 0 Å². The van der Waals surface area contributed by atoms with Gasteiger partial charge in [-0.3, -0.25) is 0 Å². The van der Waals surface area contributed by atoms with E-state index in [0.717, 1.165) is 17.3 Å². The van der Waals surface area contributed by atoms with Crippen LogP contribution in [0.4, 0.5) is 0 Å². The second kappa shape index (κ2) is 4.49. The second-order valence-electron chi connectivity index (χ2n) is 5.28. The Balaban J connectivity index is 1.79. The first-order valence-electron chi connectivity index (χ1n) is 6.21. The predicted octanol–water partition coefficient (Wildman–Crippen LogP) is 3.44. The molecule has 0 radical (unpaired) electrons. The summed E-state index contributed by atoms with van der Waals surface area (Å²) in [6.45, 7) is 0. The summed E-state index contributed by atoms with van der Waals surface area (Å²) in [5, 5.41) is 0. The van der Waals surface area contributed by atoms with Gasteiger partial charge in [0.15, 0.2) is 9.84 Å². The first kappa shape index (κ1) is 12.4. The molecular formula is C14H15BrO2S. The fourth-order valence-electron chi connectivity index (χ4n) is 3.11. The van der Waals surface area contributed by atoms with Crippen molar-refractivity contribution < 1.29 is 8.42 Å². The van der Waals surface area contributed by atoms with E-state index in [2.05, 4.69) is 28.1 Å². The van der Waals surface area contributed by atoms with Crippen LogP contribution in [0.2, 0.25) is 0 Å². The molecule has 4 heteroatoms. The molecule has 0 N–H and O–H groups in total. The molecule has 0 heterocycles. The van der Waals surface area contributed by atoms with Gasteiger partial charge in [-0.25, -0.2) is 8.42 Å². The predicted molar refractivity (Wildman–Crippen MR) is 75.0 cm³/mol. The van der Waals surface area contributed by atoms with Crippen molar-refractivity contribution in [1.82, 2.24) is 0 Å². The number of fused-ring (bicyclic) bond motifs is 2. The quantitative estimate of drug-likeness (QED) is 0.797. The fourth-order valence-corrected chi connectivity index (χ4v) is 5.06. The van der Waals surface area contributed by atoms with Crippen molar-refractivity contribution in [3.8, 4) is 0 Å². The van der Waals surface area contributed by atoms with Crippen LogP contribution in [0.5, 0.6) is 0 Å². The van der Waals surface area contributed by atoms with E-state index in [-0.39, 0.29) is 0 Å². The van der Waals surface area contributed by atoms with E-state index in [1.165, 1.54) is 0 Å². The van der Waals surface area contributed by atoms with Crippen LogP contribution in [0.1, 0.15) is 12.8 Å². The number of rotatable bonds is 3. The third-order valence-electron chi connectivity index (χ3n) is 4.02. The van der Waals surface area contributed by atoms with Crippen molar-refractivity contribution in [2.24, 2.45) is 17.8 Å². The first-order chi connectivity index (χ1) is 8.54. The minimum atomic E-state index is -3.14. The highest BCUT2D eigenvalue weighted by Gasteiger charge is 2.38. The number of sulfone groups is 1. The van der Waals surface area contributed by atoms with Crippen molar-refractivity contribution in [1.29, 1.82) is 0 Å². The molecule has 2 aliphatic carbocycles. The summed E-state index contributed by atoms with van der Waals surface area (Å²) in [6.07, 6.45) is 6.64. The lowest BCUT2D eigenvalue weighted by molar-refractivity contribution is 0.484. The topological polar surface area (TPSA) is 34.1 Å². The molecule has 0 aromatic heterocycles. The molecule has 3 atom stereocenters. The zero-order valence-electron chi connectivity index (χ0n) is 9.92. The van der Waals surface area contributed by atoms with Crippen LogP contribution < -0.4 is 0 Å². The summed E-state index contributed by atoms with van der Waals surface area (Å²) >= 11 is 3.32. The maximum atomic E-state index is 12.3. The molecule has 18 heavy (non-hydrogen) atoms. The summed E-state index contributed by atoms with van der Waals surface area (Å²) in [6, 6.07) is 6.94. The van der Waals surface area contributed by atoms with E-state index < -0.39 is 9.84 Å². The average molecular weight is 327 g/mol. The Morgan fingerprint density at radius 2 is 1.83 bits per heavy atom. The number of halogens is 1. The normalized spacial score (nSPS) is 29.9. The zero-order valence-corrected chi connectivity index (χ0v) is 12.3. The lowest BCUT2D eigenvalue weighted by Crippen LogP contribution is -2.19. The lowest BCUT2D eigenvalue weighted by Gasteiger charge is -2.17. The third kappa shape index (κ3) is 2.28. The molecule has 3 unspecified atom stereocenters. The molecule has 2 aliphatic rings. The second-order valence-corrected chi connectivity index (χ2v) is 8.23. The minimum Gasteiger partial charge on any atom is -0.224 e. The van der Waals surface area contributed by atoms with Crippen LogP contribution in [-0.4, -0.2) is 14.2 Å². The molecule has 0 aliphatic heterocycles. The molecular weight excluding hydrogens is 312 g/mol. The Kier molecular flexibility index (Phi) is 3.10. The van der Waals surface area contributed by atoms with Crippen molar-refractivity contribution in [3.63, 3.8) is 0 Å². The van der Waals surface area contributed by atoms with Crippen molar-refractivity contribution >= 4 is 25.8 Å². The third-order valence-corrected chi connectivity index (χ3v) is 6.41. The standard InChI is InChI=1S/C14H15BrO2S/c15-13-3-5-14(6-4-13)18(16,17)9-12-8-10-1-2-11(12)7-10/h1-6,10-12H,7-9H2. The highest BCUT2D eigenvalue weighted by atomic mass is 79.9. The maximum Gasteiger partial charge on any atom is 0.178 e. The molecule has 0 spiro atoms. The Bertz CT molecular complexity index is 574. The van der Waals surface area contributed by atoms with Crippen LogP contribution in [0.25, 0.3) is 0 Å². The summed E-state index contributed by atoms with van der Waals surface area (Å²) in [7, 11) is -3.14. The molecule has 2 bridgehead atoms. The smallest absolute Gasteiger partial charge is 0.178 e. The summed E-state index contributed by atoms with van der Waals surface area (Å²) < 4.78 is 25.6. The molecule has 0 amide bonds. The fraction of sp³-hybridized carbons (Fsp3) is 0.429. The van der Waals surface area contributed by atoms with E-state index in [9.17, 15) is 8.42 Å². The van der Waals surface area contributed by atoms with Gasteiger partial charge < -0.3 is 0 Å². The van der Waals surface area contributed by atoms with Crippen LogP contribution in [0.3, 0.4) is 0 Å². The van der Waals surface area contributed by atoms with Gasteiger partial charge >= 0.3 is 0 Å². The Morgan fingerprint density at radius 3 is 2.39 bits per heavy atom. The molecule has 3 rings (SSSR count). The van der Waals surface area contributed by atoms with E-state index in [4.69, 9.17) is 0 Å². The van der Waals surface area contributed by atoms with Gasteiger partial charge in [0.05, 0.1) is 10.6 Å². The summed E-state index contributed by atoms with van der Waals surface area (Å²) in [5.74, 6) is 1.72. The summed E-state index contributed by atoms with van der Waals surface area (Å²) in [4.78, 5) is 0.442. The molecule has 1 saturated carbocycles. The lowest BCUT2D eigenvalue weighted by atomic mass is 9.96. The van der Waals surface area contributed by atoms with Crippen LogP contribution in [-0.2, 0) is 9.84 Å². The molecule has 96 valence electrons. The van der Waals surface area contributed by atoms with Crippen LogP contribution in [0, 0.1) is 17.8 Å². The number of allylic oxidation sites excluding steroid dienone is 2. The molecule has 0 saturated heterocycles. The highest BCUT2D eigenvalue weighted by molar-refractivity contribution is 9.10. The van der Waals surface area contributed by atoms with Gasteiger partial charge in [-0.1, -0.05) is 28.1 Å². The van der Waals surface area contributed by atoms with Gasteiger partial charge in [-0.05, 0) is 54.9 Å². The van der Waals surface area contributed by atoms with Gasteiger partial charge in [-0.15, -0.1) is 0 Å². The Morgan fingerprint density at radius 1 is 1.11 bits per heavy atom. The largest absolute Gasteiger partial charge is 0.224 e. The minimum absolute atomic E-state index is 0.292. The number of hydrogen-bond donors (Lipinski definition) is 0. The van der Waals surface area contributed by atoms with Gasteiger partial charge in [0.25, 0.3) is 0 Å². The first-order valence-corrected chi connectivity index (χ1v) is 8.66. The molecule has 1 fully saturated rings. The molecule has 1 aromatic rings. The van der Waals surface area contributed by atoms with E-state index in [1.54, 1.807) is 24.3 Å². The van der Waals surface area contributed by atoms with E-state index in [0.29, 0.717) is 28.4 Å². The van der Waals surface area contributed by atoms with Crippen LogP contribution >= 0.6 is 15.9 Å². The number of benzene rings is 1. The monoisotopic (exact) mass is 326 g/mol. The summed E-state index contributed by atoms with van der Waals surface area (Å²) in [5.41, 5.74) is 0. The Hall–Kier alpha value is -0.610. The van der Waals surface area contributed by atoms with Crippen molar-refractivity contribution in [2.75, 3.05) is 5.75 Å². The van der Waals surface area contributed by atoms with Gasteiger partial charge in [0.1, 0.15) is 0 Å². The number of hydrogen-bond acceptors (Lipinski definition) is 2. The zero-order chi connectivity index (χ0) is 12.8. The van der Waals surface area contributed by atoms with Gasteiger partial charge in [0, 0.05) is 4.47 Å². The van der Waals surface area contributed by atoms with Crippen LogP contribution in [0.15, 0.2) is 45.8 Å². The van der Waals surface area contributed by atoms with Gasteiger partial charge in [-0.2, -0.15) is 0 Å². The van der Waals surface area contributed by atoms with Gasteiger partial charge in [0.2, 0.25) is 0 Å². The molecule has 1 aromatic carbocycles. The average Bonchev–Trinajstić information content (AvgIpc) is 2.91. The van der Waals surface area contributed by atoms with Crippen molar-refractivity contribution in [3.05, 3.63) is 40.9 Å².